The molecule has 0 aromatic heterocycles. The van der Waals surface area contributed by atoms with Gasteiger partial charge in [0.25, 0.3) is 0 Å². The van der Waals surface area contributed by atoms with Gasteiger partial charge in [0, 0.05) is 33.7 Å². The van der Waals surface area contributed by atoms with E-state index in [1.54, 1.807) is 14.2 Å². The molecule has 348 valence electrons. The molecule has 13 heteroatoms. The zero-order valence-electron chi connectivity index (χ0n) is 40.1. The van der Waals surface area contributed by atoms with Gasteiger partial charge in [-0.3, -0.25) is 0 Å². The largest absolute Gasteiger partial charge is 0.412 e. The van der Waals surface area contributed by atoms with Crippen LogP contribution < -0.4 is 0 Å². The summed E-state index contributed by atoms with van der Waals surface area (Å²) in [5.74, 6) is 0.763. The molecule has 3 heterocycles. The summed E-state index contributed by atoms with van der Waals surface area (Å²) >= 11 is 4.34. The molecular weight excluding hydrogens is 861 g/mol. The molecule has 60 heavy (non-hydrogen) atoms. The third kappa shape index (κ3) is 13.6. The van der Waals surface area contributed by atoms with E-state index in [0.29, 0.717) is 61.1 Å². The van der Waals surface area contributed by atoms with Crippen LogP contribution in [-0.2, 0) is 53.4 Å². The highest BCUT2D eigenvalue weighted by Crippen LogP contribution is 2.48. The average molecular weight is 946 g/mol. The van der Waals surface area contributed by atoms with Gasteiger partial charge in [-0.2, -0.15) is 0 Å². The van der Waals surface area contributed by atoms with E-state index in [9.17, 15) is 0 Å². The molecule has 0 radical (unpaired) electrons. The van der Waals surface area contributed by atoms with Crippen molar-refractivity contribution in [3.63, 3.8) is 0 Å². The summed E-state index contributed by atoms with van der Waals surface area (Å²) in [6, 6.07) is 10.4. The van der Waals surface area contributed by atoms with Gasteiger partial charge in [0.15, 0.2) is 8.32 Å². The number of rotatable bonds is 24. The standard InChI is InChI=1S/C47H85BrO10Si2/c1-32(2)60(33(3)4,34(5)6)57-41(44(48)40-25-36(8)45(55-40)35(7)22-24-51-28-37-19-17-16-18-20-37)27-43-46(9,58-59(13,14)15)23-21-38-39(54-43)26-42(53-31-50-12)47(10,56-38)29-52-30-49-11/h16-20,32-36,38-45H,21-31H2,1-15H3/t35-,36+,38+,39-,40-,41-,42+,43+,44+,45+,46-,47-/m1/s1. The number of hydrogen-bond acceptors (Lipinski definition) is 10. The van der Waals surface area contributed by atoms with Gasteiger partial charge in [0.05, 0.1) is 66.4 Å². The van der Waals surface area contributed by atoms with E-state index in [1.807, 2.05) is 6.07 Å². The molecule has 0 amide bonds. The van der Waals surface area contributed by atoms with Crippen molar-refractivity contribution in [3.05, 3.63) is 35.9 Å². The quantitative estimate of drug-likeness (QED) is 0.0432. The van der Waals surface area contributed by atoms with Gasteiger partial charge in [-0.1, -0.05) is 102 Å². The highest BCUT2D eigenvalue weighted by atomic mass is 79.9. The number of methoxy groups -OCH3 is 2. The summed E-state index contributed by atoms with van der Waals surface area (Å²) in [7, 11) is -1.15. The zero-order chi connectivity index (χ0) is 44.5. The van der Waals surface area contributed by atoms with Crippen LogP contribution in [0.1, 0.15) is 113 Å². The maximum absolute atomic E-state index is 7.88. The Morgan fingerprint density at radius 2 is 1.50 bits per heavy atom. The maximum atomic E-state index is 7.88. The number of alkyl halides is 1. The van der Waals surface area contributed by atoms with Crippen LogP contribution in [0.2, 0.25) is 36.3 Å². The van der Waals surface area contributed by atoms with Crippen LogP contribution in [-0.4, -0.2) is 116 Å². The summed E-state index contributed by atoms with van der Waals surface area (Å²) < 4.78 is 65.8. The first-order valence-electron chi connectivity index (χ1n) is 23.0. The lowest BCUT2D eigenvalue weighted by Crippen LogP contribution is -2.59. The number of fused-ring (bicyclic) bond motifs is 1. The lowest BCUT2D eigenvalue weighted by atomic mass is 9.86. The SMILES string of the molecule is COCOC[C@@]1(C)O[C@H]2CC[C@@](C)(O[Si](C)(C)C)[C@H](C[C@@H](O[Si](C(C)C)(C(C)C)C(C)C)[C@@H](Br)[C@H]3C[C@H](C)[C@H]([C@H](C)CCOCc4ccccc4)O3)O[C@@H]2C[C@@H]1OCOC. The number of benzene rings is 1. The highest BCUT2D eigenvalue weighted by Gasteiger charge is 2.55. The van der Waals surface area contributed by atoms with E-state index >= 15 is 0 Å². The van der Waals surface area contributed by atoms with Crippen LogP contribution in [0.4, 0.5) is 0 Å². The van der Waals surface area contributed by atoms with Crippen molar-refractivity contribution in [2.45, 2.75) is 209 Å². The summed E-state index contributed by atoms with van der Waals surface area (Å²) in [4.78, 5) is -0.0463. The van der Waals surface area contributed by atoms with E-state index < -0.39 is 27.8 Å². The van der Waals surface area contributed by atoms with Crippen molar-refractivity contribution in [1.82, 2.24) is 0 Å². The Bertz CT molecular complexity index is 1360. The van der Waals surface area contributed by atoms with Gasteiger partial charge < -0.3 is 46.7 Å². The number of hydrogen-bond donors (Lipinski definition) is 0. The summed E-state index contributed by atoms with van der Waals surface area (Å²) in [5.41, 5.74) is 1.18. The molecule has 0 unspecified atom stereocenters. The Hall–Kier alpha value is -0.266. The van der Waals surface area contributed by atoms with E-state index in [1.165, 1.54) is 5.56 Å². The van der Waals surface area contributed by atoms with Crippen molar-refractivity contribution in [3.8, 4) is 0 Å². The van der Waals surface area contributed by atoms with E-state index in [-0.39, 0.29) is 61.1 Å². The molecule has 3 saturated heterocycles. The van der Waals surface area contributed by atoms with Crippen molar-refractivity contribution in [1.29, 1.82) is 0 Å². The Labute approximate surface area is 375 Å². The minimum Gasteiger partial charge on any atom is -0.412 e. The third-order valence-corrected chi connectivity index (χ3v) is 21.9. The molecule has 0 spiro atoms. The maximum Gasteiger partial charge on any atom is 0.200 e. The summed E-state index contributed by atoms with van der Waals surface area (Å²) in [5, 5.41) is 0. The third-order valence-electron chi connectivity index (χ3n) is 13.5. The fraction of sp³-hybridized carbons (Fsp3) is 0.872. The van der Waals surface area contributed by atoms with Gasteiger partial charge >= 0.3 is 0 Å². The van der Waals surface area contributed by atoms with Gasteiger partial charge in [-0.05, 0) is 93.2 Å². The highest BCUT2D eigenvalue weighted by molar-refractivity contribution is 9.09. The Kier molecular flexibility index (Phi) is 20.3. The summed E-state index contributed by atoms with van der Waals surface area (Å²) in [6.07, 6.45) is 3.81. The Morgan fingerprint density at radius 3 is 2.10 bits per heavy atom. The van der Waals surface area contributed by atoms with Gasteiger partial charge in [-0.15, -0.1) is 0 Å². The van der Waals surface area contributed by atoms with Crippen LogP contribution in [0.3, 0.4) is 0 Å². The normalized spacial score (nSPS) is 32.0. The molecule has 0 saturated carbocycles. The van der Waals surface area contributed by atoms with Crippen molar-refractivity contribution < 1.29 is 46.7 Å². The predicted molar refractivity (Wildman–Crippen MR) is 249 cm³/mol. The van der Waals surface area contributed by atoms with Crippen LogP contribution in [0.25, 0.3) is 0 Å². The lowest BCUT2D eigenvalue weighted by Gasteiger charge is -2.49. The van der Waals surface area contributed by atoms with Gasteiger partial charge in [-0.25, -0.2) is 0 Å². The minimum atomic E-state index is -2.37. The Morgan fingerprint density at radius 1 is 0.850 bits per heavy atom. The van der Waals surface area contributed by atoms with Crippen LogP contribution in [0.5, 0.6) is 0 Å². The molecular formula is C47H85BrO10Si2. The van der Waals surface area contributed by atoms with Crippen molar-refractivity contribution >= 4 is 32.6 Å². The van der Waals surface area contributed by atoms with Gasteiger partial charge in [0.1, 0.15) is 19.2 Å². The fourth-order valence-corrected chi connectivity index (χ4v) is 18.8. The smallest absolute Gasteiger partial charge is 0.200 e. The molecule has 10 nitrogen and oxygen atoms in total. The first kappa shape index (κ1) is 52.4. The van der Waals surface area contributed by atoms with Crippen molar-refractivity contribution in [2.75, 3.05) is 41.0 Å². The van der Waals surface area contributed by atoms with Crippen LogP contribution in [0.15, 0.2) is 30.3 Å². The van der Waals surface area contributed by atoms with Crippen LogP contribution >= 0.6 is 15.9 Å². The molecule has 3 aliphatic heterocycles. The molecule has 0 N–H and O–H groups in total. The number of halogens is 1. The predicted octanol–water partition coefficient (Wildman–Crippen LogP) is 11.1. The Balaban J connectivity index is 1.65. The van der Waals surface area contributed by atoms with Gasteiger partial charge in [0.2, 0.25) is 8.32 Å². The molecule has 1 aromatic carbocycles. The summed E-state index contributed by atoms with van der Waals surface area (Å²) in [6.45, 7) is 32.1. The zero-order valence-corrected chi connectivity index (χ0v) is 43.7. The molecule has 4 rings (SSSR count). The fourth-order valence-electron chi connectivity index (χ4n) is 10.8. The molecule has 3 aliphatic rings. The second kappa shape index (κ2) is 23.3. The first-order valence-corrected chi connectivity index (χ1v) is 29.5. The minimum absolute atomic E-state index is 0.0128. The second-order valence-corrected chi connectivity index (χ2v) is 31.5. The van der Waals surface area contributed by atoms with E-state index in [0.717, 1.165) is 25.7 Å². The van der Waals surface area contributed by atoms with E-state index in [2.05, 4.69) is 129 Å². The van der Waals surface area contributed by atoms with E-state index in [4.69, 9.17) is 46.7 Å². The van der Waals surface area contributed by atoms with Crippen molar-refractivity contribution in [2.24, 2.45) is 11.8 Å². The number of ether oxygens (including phenoxy) is 8. The average Bonchev–Trinajstić information content (AvgIpc) is 3.52. The van der Waals surface area contributed by atoms with Crippen LogP contribution in [0, 0.1) is 11.8 Å². The topological polar surface area (TPSA) is 92.3 Å². The molecule has 0 bridgehead atoms. The second-order valence-electron chi connectivity index (χ2n) is 20.6. The molecule has 1 aromatic rings. The first-order chi connectivity index (χ1) is 28.2. The lowest BCUT2D eigenvalue weighted by molar-refractivity contribution is -0.276. The monoisotopic (exact) mass is 944 g/mol. The molecule has 0 aliphatic carbocycles. The molecule has 12 atom stereocenters. The molecule has 3 fully saturated rings.